The van der Waals surface area contributed by atoms with E-state index < -0.39 is 35.5 Å². The highest BCUT2D eigenvalue weighted by atomic mass is 19.4. The molecule has 1 aromatic heterocycles. The number of halogens is 5. The molecular weight excluding hydrogens is 239 g/mol. The molecule has 0 bridgehead atoms. The number of alkyl halides is 5. The summed E-state index contributed by atoms with van der Waals surface area (Å²) in [5.74, 6) is -1.84. The number of rotatable bonds is 2. The lowest BCUT2D eigenvalue weighted by Gasteiger charge is -2.11. The second-order valence-corrected chi connectivity index (χ2v) is 2.68. The van der Waals surface area contributed by atoms with E-state index in [1.165, 1.54) is 0 Å². The van der Waals surface area contributed by atoms with Crippen LogP contribution < -0.4 is 16.0 Å². The molecule has 90 valence electrons. The van der Waals surface area contributed by atoms with Gasteiger partial charge in [-0.2, -0.15) is 0 Å². The number of pyridine rings is 1. The summed E-state index contributed by atoms with van der Waals surface area (Å²) < 4.78 is 63.1. The second kappa shape index (κ2) is 3.99. The van der Waals surface area contributed by atoms with Crippen LogP contribution in [0, 0.1) is 0 Å². The summed E-state index contributed by atoms with van der Waals surface area (Å²) in [4.78, 5) is 12.5. The SMILES string of the molecule is Nc1[nH]c(=O)c(C(F)F)cc1OC(F)(F)F. The molecule has 0 spiro atoms. The predicted octanol–water partition coefficient (Wildman–Crippen LogP) is 1.79. The van der Waals surface area contributed by atoms with Crippen molar-refractivity contribution < 1.29 is 26.7 Å². The molecule has 0 aliphatic carbocycles. The second-order valence-electron chi connectivity index (χ2n) is 2.68. The number of nitrogen functional groups attached to an aromatic ring is 1. The van der Waals surface area contributed by atoms with Crippen LogP contribution >= 0.6 is 0 Å². The van der Waals surface area contributed by atoms with Crippen LogP contribution in [0.2, 0.25) is 0 Å². The highest BCUT2D eigenvalue weighted by Crippen LogP contribution is 2.28. The molecular formula is C7H5F5N2O2. The van der Waals surface area contributed by atoms with Gasteiger partial charge in [0.25, 0.3) is 12.0 Å². The van der Waals surface area contributed by atoms with Crippen LogP contribution in [0.4, 0.5) is 27.8 Å². The first-order valence-electron chi connectivity index (χ1n) is 3.77. The van der Waals surface area contributed by atoms with Crippen LogP contribution in [0.25, 0.3) is 0 Å². The number of aromatic amines is 1. The summed E-state index contributed by atoms with van der Waals surface area (Å²) in [6, 6.07) is 0.256. The Morgan fingerprint density at radius 1 is 1.38 bits per heavy atom. The van der Waals surface area contributed by atoms with Crippen molar-refractivity contribution in [3.8, 4) is 5.75 Å². The number of H-pyrrole nitrogens is 1. The topological polar surface area (TPSA) is 68.1 Å². The zero-order valence-corrected chi connectivity index (χ0v) is 7.44. The van der Waals surface area contributed by atoms with Crippen LogP contribution in [-0.4, -0.2) is 11.3 Å². The summed E-state index contributed by atoms with van der Waals surface area (Å²) in [5.41, 5.74) is 2.57. The average molecular weight is 244 g/mol. The molecule has 0 radical (unpaired) electrons. The largest absolute Gasteiger partial charge is 0.573 e. The average Bonchev–Trinajstić information content (AvgIpc) is 2.07. The fraction of sp³-hybridized carbons (Fsp3) is 0.286. The minimum Gasteiger partial charge on any atom is -0.402 e. The van der Waals surface area contributed by atoms with Gasteiger partial charge in [-0.1, -0.05) is 0 Å². The quantitative estimate of drug-likeness (QED) is 0.779. The van der Waals surface area contributed by atoms with Crippen molar-refractivity contribution >= 4 is 5.82 Å². The van der Waals surface area contributed by atoms with E-state index in [2.05, 4.69) is 4.74 Å². The lowest BCUT2D eigenvalue weighted by atomic mass is 10.2. The Kier molecular flexibility index (Phi) is 3.06. The number of hydrogen-bond donors (Lipinski definition) is 2. The monoisotopic (exact) mass is 244 g/mol. The minimum absolute atomic E-state index is 0.256. The van der Waals surface area contributed by atoms with Crippen LogP contribution in [0.15, 0.2) is 10.9 Å². The Bertz CT molecular complexity index is 439. The van der Waals surface area contributed by atoms with Gasteiger partial charge in [-0.25, -0.2) is 8.78 Å². The molecule has 1 heterocycles. The normalized spacial score (nSPS) is 11.9. The van der Waals surface area contributed by atoms with Gasteiger partial charge >= 0.3 is 6.36 Å². The van der Waals surface area contributed by atoms with Gasteiger partial charge < -0.3 is 15.5 Å². The highest BCUT2D eigenvalue weighted by Gasteiger charge is 2.33. The molecule has 0 atom stereocenters. The van der Waals surface area contributed by atoms with Gasteiger partial charge in [-0.05, 0) is 6.07 Å². The molecule has 0 saturated carbocycles. The third-order valence-electron chi connectivity index (χ3n) is 1.52. The van der Waals surface area contributed by atoms with E-state index in [0.717, 1.165) is 0 Å². The fourth-order valence-corrected chi connectivity index (χ4v) is 0.912. The maximum Gasteiger partial charge on any atom is 0.573 e. The molecule has 9 heteroatoms. The Hall–Kier alpha value is -1.80. The van der Waals surface area contributed by atoms with E-state index in [0.29, 0.717) is 0 Å². The van der Waals surface area contributed by atoms with E-state index in [-0.39, 0.29) is 6.07 Å². The Labute approximate surface area is 84.8 Å². The van der Waals surface area contributed by atoms with Gasteiger partial charge in [0.2, 0.25) is 0 Å². The number of anilines is 1. The van der Waals surface area contributed by atoms with Crippen molar-refractivity contribution in [3.63, 3.8) is 0 Å². The third kappa shape index (κ3) is 2.84. The molecule has 0 saturated heterocycles. The van der Waals surface area contributed by atoms with Crippen LogP contribution in [0.1, 0.15) is 12.0 Å². The summed E-state index contributed by atoms with van der Waals surface area (Å²) in [5, 5.41) is 0. The number of aromatic nitrogens is 1. The van der Waals surface area contributed by atoms with Crippen LogP contribution in [0.3, 0.4) is 0 Å². The first kappa shape index (κ1) is 12.3. The molecule has 0 aliphatic rings. The van der Waals surface area contributed by atoms with Gasteiger partial charge in [0.15, 0.2) is 5.75 Å². The maximum atomic E-state index is 12.2. The van der Waals surface area contributed by atoms with Crippen molar-refractivity contribution in [2.75, 3.05) is 5.73 Å². The minimum atomic E-state index is -5.08. The Morgan fingerprint density at radius 3 is 2.38 bits per heavy atom. The molecule has 4 nitrogen and oxygen atoms in total. The summed E-state index contributed by atoms with van der Waals surface area (Å²) in [7, 11) is 0. The summed E-state index contributed by atoms with van der Waals surface area (Å²) in [6.45, 7) is 0. The van der Waals surface area contributed by atoms with Crippen molar-refractivity contribution in [3.05, 3.63) is 22.0 Å². The van der Waals surface area contributed by atoms with Gasteiger partial charge in [0, 0.05) is 0 Å². The van der Waals surface area contributed by atoms with Gasteiger partial charge in [0.05, 0.1) is 5.56 Å². The van der Waals surface area contributed by atoms with Crippen LogP contribution in [0.5, 0.6) is 5.75 Å². The van der Waals surface area contributed by atoms with Crippen LogP contribution in [-0.2, 0) is 0 Å². The molecule has 1 rings (SSSR count). The lowest BCUT2D eigenvalue weighted by Crippen LogP contribution is -2.21. The van der Waals surface area contributed by atoms with E-state index in [1.807, 2.05) is 0 Å². The molecule has 1 aromatic rings. The van der Waals surface area contributed by atoms with Gasteiger partial charge in [-0.3, -0.25) is 4.79 Å². The Balaban J connectivity index is 3.20. The number of nitrogens with two attached hydrogens (primary N) is 1. The highest BCUT2D eigenvalue weighted by molar-refractivity contribution is 5.47. The smallest absolute Gasteiger partial charge is 0.402 e. The third-order valence-corrected chi connectivity index (χ3v) is 1.52. The van der Waals surface area contributed by atoms with Crippen molar-refractivity contribution in [2.24, 2.45) is 0 Å². The molecule has 0 aromatic carbocycles. The molecule has 3 N–H and O–H groups in total. The summed E-state index contributed by atoms with van der Waals surface area (Å²) in [6.07, 6.45) is -8.30. The lowest BCUT2D eigenvalue weighted by molar-refractivity contribution is -0.274. The molecule has 16 heavy (non-hydrogen) atoms. The molecule has 0 aliphatic heterocycles. The standard InChI is InChI=1S/C7H5F5N2O2/c8-4(9)2-1-3(16-7(10,11)12)5(13)14-6(2)15/h1,4H,(H3,13,14,15). The van der Waals surface area contributed by atoms with Crippen molar-refractivity contribution in [1.29, 1.82) is 0 Å². The molecule has 0 unspecified atom stereocenters. The molecule has 0 amide bonds. The predicted molar refractivity (Wildman–Crippen MR) is 43.1 cm³/mol. The first-order chi connectivity index (χ1) is 7.20. The van der Waals surface area contributed by atoms with E-state index in [1.54, 1.807) is 4.98 Å². The first-order valence-corrected chi connectivity index (χ1v) is 3.77. The number of ether oxygens (including phenoxy) is 1. The zero-order valence-electron chi connectivity index (χ0n) is 7.44. The van der Waals surface area contributed by atoms with E-state index in [9.17, 15) is 26.7 Å². The maximum absolute atomic E-state index is 12.2. The van der Waals surface area contributed by atoms with E-state index in [4.69, 9.17) is 5.73 Å². The summed E-state index contributed by atoms with van der Waals surface area (Å²) >= 11 is 0. The van der Waals surface area contributed by atoms with E-state index >= 15 is 0 Å². The van der Waals surface area contributed by atoms with Gasteiger partial charge in [0.1, 0.15) is 5.82 Å². The zero-order chi connectivity index (χ0) is 12.5. The molecule has 0 fully saturated rings. The number of hydrogen-bond acceptors (Lipinski definition) is 3. The van der Waals surface area contributed by atoms with Gasteiger partial charge in [-0.15, -0.1) is 13.2 Å². The number of nitrogens with one attached hydrogen (secondary N) is 1. The Morgan fingerprint density at radius 2 is 1.94 bits per heavy atom. The fourth-order valence-electron chi connectivity index (χ4n) is 0.912. The van der Waals surface area contributed by atoms with Crippen molar-refractivity contribution in [2.45, 2.75) is 12.8 Å². The van der Waals surface area contributed by atoms with Crippen molar-refractivity contribution in [1.82, 2.24) is 4.98 Å².